The summed E-state index contributed by atoms with van der Waals surface area (Å²) in [6.07, 6.45) is 3.13. The lowest BCUT2D eigenvalue weighted by atomic mass is 10.1. The number of carbonyl (C=O) groups excluding carboxylic acids is 1. The molecule has 0 saturated heterocycles. The number of aromatic amines is 1. The molecule has 0 aliphatic heterocycles. The van der Waals surface area contributed by atoms with Gasteiger partial charge in [0.2, 0.25) is 5.78 Å². The minimum Gasteiger partial charge on any atom is -0.372 e. The van der Waals surface area contributed by atoms with Crippen molar-refractivity contribution in [1.82, 2.24) is 24.7 Å². The number of hydrogen-bond donors (Lipinski definition) is 2. The quantitative estimate of drug-likeness (QED) is 0.395. The van der Waals surface area contributed by atoms with Crippen molar-refractivity contribution in [1.29, 1.82) is 0 Å². The maximum atomic E-state index is 12.4. The Bertz CT molecular complexity index is 944. The molecule has 2 heterocycles. The average molecular weight is 341 g/mol. The standard InChI is InChI=1S/C15H15N7O3/c1-9-18-13(20-19-9)8-17-11-4-3-10(7-12(11)22(24)25)14(23)15-16-5-6-21(15)2/h3-7,17H,8H2,1-2H3,(H,18,19,20). The number of nitro groups is 1. The Labute approximate surface area is 142 Å². The van der Waals surface area contributed by atoms with Crippen molar-refractivity contribution in [3.8, 4) is 0 Å². The lowest BCUT2D eigenvalue weighted by molar-refractivity contribution is -0.384. The van der Waals surface area contributed by atoms with Gasteiger partial charge in [0.05, 0.1) is 11.5 Å². The van der Waals surface area contributed by atoms with E-state index in [0.29, 0.717) is 11.6 Å². The van der Waals surface area contributed by atoms with Crippen LogP contribution in [0.4, 0.5) is 11.4 Å². The molecule has 0 atom stereocenters. The first kappa shape index (κ1) is 16.3. The Balaban J connectivity index is 1.86. The highest BCUT2D eigenvalue weighted by molar-refractivity contribution is 6.07. The smallest absolute Gasteiger partial charge is 0.293 e. The molecule has 2 N–H and O–H groups in total. The van der Waals surface area contributed by atoms with E-state index in [0.717, 1.165) is 0 Å². The first-order valence-corrected chi connectivity index (χ1v) is 7.38. The van der Waals surface area contributed by atoms with Gasteiger partial charge in [0, 0.05) is 31.1 Å². The van der Waals surface area contributed by atoms with Crippen LogP contribution in [0.15, 0.2) is 30.6 Å². The van der Waals surface area contributed by atoms with Gasteiger partial charge in [-0.25, -0.2) is 9.97 Å². The Kier molecular flexibility index (Phi) is 4.25. The molecule has 3 aromatic rings. The molecule has 10 nitrogen and oxygen atoms in total. The fourth-order valence-corrected chi connectivity index (χ4v) is 2.33. The number of aromatic nitrogens is 5. The SMILES string of the molecule is Cc1nc(CNc2ccc(C(=O)c3nccn3C)cc2[N+](=O)[O-])n[nH]1. The summed E-state index contributed by atoms with van der Waals surface area (Å²) >= 11 is 0. The first-order valence-electron chi connectivity index (χ1n) is 7.38. The molecule has 0 bridgehead atoms. The third kappa shape index (κ3) is 3.37. The van der Waals surface area contributed by atoms with Crippen LogP contribution in [-0.2, 0) is 13.6 Å². The molecule has 128 valence electrons. The lowest BCUT2D eigenvalue weighted by Crippen LogP contribution is -2.10. The molecule has 1 aromatic carbocycles. The van der Waals surface area contributed by atoms with Crippen LogP contribution in [0.5, 0.6) is 0 Å². The molecular formula is C15H15N7O3. The first-order chi connectivity index (χ1) is 12.0. The number of hydrogen-bond acceptors (Lipinski definition) is 7. The minimum atomic E-state index is -0.541. The van der Waals surface area contributed by atoms with E-state index in [4.69, 9.17) is 0 Å². The van der Waals surface area contributed by atoms with E-state index in [1.54, 1.807) is 24.7 Å². The van der Waals surface area contributed by atoms with Gasteiger partial charge in [0.1, 0.15) is 11.5 Å². The number of aryl methyl sites for hydroxylation is 2. The van der Waals surface area contributed by atoms with Gasteiger partial charge in [-0.1, -0.05) is 0 Å². The second-order valence-corrected chi connectivity index (χ2v) is 5.37. The van der Waals surface area contributed by atoms with Gasteiger partial charge in [0.15, 0.2) is 11.6 Å². The molecule has 0 amide bonds. The molecule has 0 saturated carbocycles. The summed E-state index contributed by atoms with van der Waals surface area (Å²) in [4.78, 5) is 31.4. The fraction of sp³-hybridized carbons (Fsp3) is 0.200. The van der Waals surface area contributed by atoms with Crippen LogP contribution in [0.1, 0.15) is 27.8 Å². The van der Waals surface area contributed by atoms with Crippen molar-refractivity contribution < 1.29 is 9.72 Å². The second kappa shape index (κ2) is 6.51. The average Bonchev–Trinajstić information content (AvgIpc) is 3.20. The number of benzene rings is 1. The normalized spacial score (nSPS) is 10.6. The molecule has 2 aromatic heterocycles. The monoisotopic (exact) mass is 341 g/mol. The molecule has 0 aliphatic rings. The van der Waals surface area contributed by atoms with Crippen LogP contribution in [0.25, 0.3) is 0 Å². The van der Waals surface area contributed by atoms with E-state index >= 15 is 0 Å². The highest BCUT2D eigenvalue weighted by Crippen LogP contribution is 2.27. The van der Waals surface area contributed by atoms with Crippen molar-refractivity contribution >= 4 is 17.2 Å². The van der Waals surface area contributed by atoms with E-state index in [9.17, 15) is 14.9 Å². The lowest BCUT2D eigenvalue weighted by Gasteiger charge is -2.07. The van der Waals surface area contributed by atoms with E-state index in [-0.39, 0.29) is 35.1 Å². The topological polar surface area (TPSA) is 132 Å². The molecule has 0 spiro atoms. The summed E-state index contributed by atoms with van der Waals surface area (Å²) in [6, 6.07) is 4.26. The number of imidazole rings is 1. The molecule has 0 fully saturated rings. The second-order valence-electron chi connectivity index (χ2n) is 5.37. The Morgan fingerprint density at radius 1 is 1.44 bits per heavy atom. The molecule has 0 aliphatic carbocycles. The van der Waals surface area contributed by atoms with E-state index in [1.807, 2.05) is 0 Å². The molecular weight excluding hydrogens is 326 g/mol. The van der Waals surface area contributed by atoms with Crippen molar-refractivity contribution in [2.24, 2.45) is 7.05 Å². The Morgan fingerprint density at radius 3 is 2.84 bits per heavy atom. The summed E-state index contributed by atoms with van der Waals surface area (Å²) in [6.45, 7) is 1.98. The van der Waals surface area contributed by atoms with Crippen LogP contribution >= 0.6 is 0 Å². The number of nitro benzene ring substituents is 1. The van der Waals surface area contributed by atoms with E-state index < -0.39 is 4.92 Å². The van der Waals surface area contributed by atoms with Crippen molar-refractivity contribution in [2.75, 3.05) is 5.32 Å². The molecule has 0 unspecified atom stereocenters. The number of nitrogens with one attached hydrogen (secondary N) is 2. The molecule has 25 heavy (non-hydrogen) atoms. The van der Waals surface area contributed by atoms with E-state index in [2.05, 4.69) is 25.5 Å². The third-order valence-corrected chi connectivity index (χ3v) is 3.56. The zero-order chi connectivity index (χ0) is 18.0. The molecule has 0 radical (unpaired) electrons. The van der Waals surface area contributed by atoms with Gasteiger partial charge in [-0.2, -0.15) is 5.10 Å². The zero-order valence-corrected chi connectivity index (χ0v) is 13.6. The van der Waals surface area contributed by atoms with Crippen LogP contribution < -0.4 is 5.32 Å². The third-order valence-electron chi connectivity index (χ3n) is 3.56. The summed E-state index contributed by atoms with van der Waals surface area (Å²) in [5.74, 6) is 0.972. The predicted octanol–water partition coefficient (Wildman–Crippen LogP) is 1.60. The number of H-pyrrole nitrogens is 1. The van der Waals surface area contributed by atoms with Gasteiger partial charge in [-0.3, -0.25) is 20.0 Å². The summed E-state index contributed by atoms with van der Waals surface area (Å²) in [5, 5.41) is 20.9. The Hall–Kier alpha value is -3.56. The van der Waals surface area contributed by atoms with Crippen molar-refractivity contribution in [2.45, 2.75) is 13.5 Å². The van der Waals surface area contributed by atoms with Gasteiger partial charge < -0.3 is 9.88 Å². The van der Waals surface area contributed by atoms with E-state index in [1.165, 1.54) is 24.4 Å². The van der Waals surface area contributed by atoms with Gasteiger partial charge in [-0.05, 0) is 19.1 Å². The predicted molar refractivity (Wildman–Crippen MR) is 88.2 cm³/mol. The van der Waals surface area contributed by atoms with Crippen LogP contribution in [-0.4, -0.2) is 35.4 Å². The minimum absolute atomic E-state index is 0.195. The largest absolute Gasteiger partial charge is 0.372 e. The number of rotatable bonds is 6. The summed E-state index contributed by atoms with van der Waals surface area (Å²) < 4.78 is 1.56. The van der Waals surface area contributed by atoms with Gasteiger partial charge >= 0.3 is 0 Å². The van der Waals surface area contributed by atoms with Crippen LogP contribution in [0.2, 0.25) is 0 Å². The number of nitrogens with zero attached hydrogens (tertiary/aromatic N) is 5. The number of ketones is 1. The maximum Gasteiger partial charge on any atom is 0.293 e. The summed E-state index contributed by atoms with van der Waals surface area (Å²) in [7, 11) is 1.68. The highest BCUT2D eigenvalue weighted by atomic mass is 16.6. The number of anilines is 1. The van der Waals surface area contributed by atoms with Crippen molar-refractivity contribution in [3.05, 3.63) is 63.7 Å². The Morgan fingerprint density at radius 2 is 2.24 bits per heavy atom. The van der Waals surface area contributed by atoms with Crippen LogP contribution in [0.3, 0.4) is 0 Å². The highest BCUT2D eigenvalue weighted by Gasteiger charge is 2.20. The van der Waals surface area contributed by atoms with Crippen molar-refractivity contribution in [3.63, 3.8) is 0 Å². The van der Waals surface area contributed by atoms with Gasteiger partial charge in [0.25, 0.3) is 5.69 Å². The van der Waals surface area contributed by atoms with Gasteiger partial charge in [-0.15, -0.1) is 0 Å². The molecule has 3 rings (SSSR count). The molecule has 10 heteroatoms. The van der Waals surface area contributed by atoms with Crippen LogP contribution in [0, 0.1) is 17.0 Å². The maximum absolute atomic E-state index is 12.4. The fourth-order valence-electron chi connectivity index (χ4n) is 2.33. The zero-order valence-electron chi connectivity index (χ0n) is 13.6. The summed E-state index contributed by atoms with van der Waals surface area (Å²) in [5.41, 5.74) is 0.274. The number of carbonyl (C=O) groups is 1.